The monoisotopic (exact) mass is 401 g/mol. The summed E-state index contributed by atoms with van der Waals surface area (Å²) in [6.45, 7) is 0. The second kappa shape index (κ2) is 7.15. The SMILES string of the molecule is O=C1C(SCc2ccco2)=C(c2cccs2)C(=O)N1c1ccccc1Cl. The number of thioether (sulfide) groups is 1. The number of thiophene rings is 1. The summed E-state index contributed by atoms with van der Waals surface area (Å²) in [6, 6.07) is 14.2. The maximum Gasteiger partial charge on any atom is 0.272 e. The van der Waals surface area contributed by atoms with Crippen molar-refractivity contribution in [2.45, 2.75) is 5.75 Å². The van der Waals surface area contributed by atoms with Gasteiger partial charge in [0.15, 0.2) is 0 Å². The first-order chi connectivity index (χ1) is 12.7. The molecule has 0 fully saturated rings. The molecule has 130 valence electrons. The molecule has 1 aromatic carbocycles. The van der Waals surface area contributed by atoms with Crippen LogP contribution in [0.15, 0.2) is 69.5 Å². The predicted molar refractivity (Wildman–Crippen MR) is 105 cm³/mol. The lowest BCUT2D eigenvalue weighted by Crippen LogP contribution is -2.31. The number of furan rings is 1. The van der Waals surface area contributed by atoms with Crippen LogP contribution in [-0.2, 0) is 15.3 Å². The molecule has 0 spiro atoms. The molecule has 0 radical (unpaired) electrons. The molecule has 0 saturated carbocycles. The van der Waals surface area contributed by atoms with Gasteiger partial charge in [0.05, 0.1) is 33.2 Å². The normalized spacial score (nSPS) is 14.6. The molecule has 3 aromatic rings. The number of nitrogens with zero attached hydrogens (tertiary/aromatic N) is 1. The number of carbonyl (C=O) groups excluding carboxylic acids is 2. The Kier molecular flexibility index (Phi) is 4.72. The summed E-state index contributed by atoms with van der Waals surface area (Å²) < 4.78 is 5.34. The van der Waals surface area contributed by atoms with Crippen molar-refractivity contribution in [3.63, 3.8) is 0 Å². The van der Waals surface area contributed by atoms with Crippen molar-refractivity contribution in [2.24, 2.45) is 0 Å². The summed E-state index contributed by atoms with van der Waals surface area (Å²) in [5.41, 5.74) is 0.813. The Bertz CT molecular complexity index is 994. The quantitative estimate of drug-likeness (QED) is 0.550. The molecule has 2 amide bonds. The third kappa shape index (κ3) is 3.00. The second-order valence-corrected chi connectivity index (χ2v) is 7.79. The van der Waals surface area contributed by atoms with E-state index in [1.165, 1.54) is 23.1 Å². The number of rotatable bonds is 5. The first-order valence-corrected chi connectivity index (χ1v) is 9.98. The van der Waals surface area contributed by atoms with Gasteiger partial charge in [0.2, 0.25) is 0 Å². The van der Waals surface area contributed by atoms with Crippen LogP contribution in [-0.4, -0.2) is 11.8 Å². The van der Waals surface area contributed by atoms with Crippen LogP contribution in [0.4, 0.5) is 5.69 Å². The molecule has 2 aromatic heterocycles. The second-order valence-electron chi connectivity index (χ2n) is 5.45. The number of halogens is 1. The zero-order chi connectivity index (χ0) is 18.1. The van der Waals surface area contributed by atoms with Crippen molar-refractivity contribution in [1.82, 2.24) is 0 Å². The minimum Gasteiger partial charge on any atom is -0.468 e. The molecule has 7 heteroatoms. The lowest BCUT2D eigenvalue weighted by molar-refractivity contribution is -0.119. The minimum absolute atomic E-state index is 0.354. The maximum absolute atomic E-state index is 13.1. The van der Waals surface area contributed by atoms with Crippen LogP contribution in [0.3, 0.4) is 0 Å². The van der Waals surface area contributed by atoms with E-state index in [-0.39, 0.29) is 11.8 Å². The highest BCUT2D eigenvalue weighted by Crippen LogP contribution is 2.42. The van der Waals surface area contributed by atoms with Crippen LogP contribution in [0, 0.1) is 0 Å². The molecule has 1 aliphatic rings. The summed E-state index contributed by atoms with van der Waals surface area (Å²) in [4.78, 5) is 28.5. The summed E-state index contributed by atoms with van der Waals surface area (Å²) in [6.07, 6.45) is 1.59. The van der Waals surface area contributed by atoms with Crippen molar-refractivity contribution >= 4 is 57.8 Å². The number of carbonyl (C=O) groups is 2. The highest BCUT2D eigenvalue weighted by atomic mass is 35.5. The Labute approximate surface area is 163 Å². The number of anilines is 1. The molecule has 3 heterocycles. The van der Waals surface area contributed by atoms with E-state index in [1.807, 2.05) is 23.6 Å². The topological polar surface area (TPSA) is 50.5 Å². The van der Waals surface area contributed by atoms with E-state index in [0.717, 1.165) is 15.5 Å². The molecule has 1 aliphatic heterocycles. The van der Waals surface area contributed by atoms with E-state index < -0.39 is 0 Å². The fraction of sp³-hybridized carbons (Fsp3) is 0.0526. The van der Waals surface area contributed by atoms with Gasteiger partial charge >= 0.3 is 0 Å². The van der Waals surface area contributed by atoms with E-state index >= 15 is 0 Å². The van der Waals surface area contributed by atoms with E-state index in [4.69, 9.17) is 16.0 Å². The number of hydrogen-bond donors (Lipinski definition) is 0. The van der Waals surface area contributed by atoms with E-state index in [0.29, 0.717) is 26.9 Å². The van der Waals surface area contributed by atoms with Gasteiger partial charge in [-0.25, -0.2) is 4.90 Å². The van der Waals surface area contributed by atoms with Crippen LogP contribution >= 0.6 is 34.7 Å². The van der Waals surface area contributed by atoms with Crippen molar-refractivity contribution in [1.29, 1.82) is 0 Å². The van der Waals surface area contributed by atoms with Crippen LogP contribution < -0.4 is 4.90 Å². The summed E-state index contributed by atoms with van der Waals surface area (Å²) in [5, 5.41) is 2.24. The molecule has 0 atom stereocenters. The average Bonchev–Trinajstić information content (AvgIpc) is 3.36. The zero-order valence-corrected chi connectivity index (χ0v) is 15.7. The molecular formula is C19H12ClNO3S2. The van der Waals surface area contributed by atoms with Crippen molar-refractivity contribution in [3.8, 4) is 0 Å². The molecule has 26 heavy (non-hydrogen) atoms. The molecule has 4 rings (SSSR count). The van der Waals surface area contributed by atoms with Crippen LogP contribution in [0.25, 0.3) is 5.57 Å². The minimum atomic E-state index is -0.358. The maximum atomic E-state index is 13.1. The van der Waals surface area contributed by atoms with Crippen LogP contribution in [0.2, 0.25) is 5.02 Å². The molecule has 0 bridgehead atoms. The van der Waals surface area contributed by atoms with Crippen molar-refractivity contribution < 1.29 is 14.0 Å². The fourth-order valence-electron chi connectivity index (χ4n) is 2.67. The average molecular weight is 402 g/mol. The van der Waals surface area contributed by atoms with Crippen LogP contribution in [0.1, 0.15) is 10.6 Å². The lowest BCUT2D eigenvalue weighted by atomic mass is 10.2. The first kappa shape index (κ1) is 17.1. The Morgan fingerprint density at radius 1 is 1.04 bits per heavy atom. The number of benzene rings is 1. The molecule has 0 aliphatic carbocycles. The highest BCUT2D eigenvalue weighted by Gasteiger charge is 2.41. The van der Waals surface area contributed by atoms with Gasteiger partial charge in [-0.1, -0.05) is 29.8 Å². The largest absolute Gasteiger partial charge is 0.468 e. The number of imide groups is 1. The van der Waals surface area contributed by atoms with E-state index in [2.05, 4.69) is 0 Å². The summed E-state index contributed by atoms with van der Waals surface area (Å²) in [7, 11) is 0. The van der Waals surface area contributed by atoms with Gasteiger partial charge in [-0.05, 0) is 35.7 Å². The van der Waals surface area contributed by atoms with E-state index in [1.54, 1.807) is 36.6 Å². The third-order valence-corrected chi connectivity index (χ3v) is 6.14. The van der Waals surface area contributed by atoms with Gasteiger partial charge in [-0.3, -0.25) is 9.59 Å². The van der Waals surface area contributed by atoms with Crippen LogP contribution in [0.5, 0.6) is 0 Å². The number of amides is 2. The molecule has 0 unspecified atom stereocenters. The fourth-order valence-corrected chi connectivity index (χ4v) is 4.73. The summed E-state index contributed by atoms with van der Waals surface area (Å²) in [5.74, 6) is 0.493. The molecular weight excluding hydrogens is 390 g/mol. The lowest BCUT2D eigenvalue weighted by Gasteiger charge is -2.16. The molecule has 4 nitrogen and oxygen atoms in total. The number of para-hydroxylation sites is 1. The van der Waals surface area contributed by atoms with Gasteiger partial charge in [-0.15, -0.1) is 23.1 Å². The standard InChI is InChI=1S/C19H12ClNO3S2/c20-13-6-1-2-7-14(13)21-18(22)16(15-8-4-10-25-15)17(19(21)23)26-11-12-5-3-9-24-12/h1-10H,11H2. The Hall–Kier alpha value is -2.28. The molecule has 0 N–H and O–H groups in total. The Balaban J connectivity index is 1.74. The number of hydrogen-bond acceptors (Lipinski definition) is 5. The van der Waals surface area contributed by atoms with Gasteiger partial charge in [0, 0.05) is 4.88 Å². The van der Waals surface area contributed by atoms with Crippen molar-refractivity contribution in [2.75, 3.05) is 4.90 Å². The van der Waals surface area contributed by atoms with Gasteiger partial charge in [0.1, 0.15) is 5.76 Å². The Morgan fingerprint density at radius 3 is 2.58 bits per heavy atom. The van der Waals surface area contributed by atoms with Gasteiger partial charge in [-0.2, -0.15) is 0 Å². The highest BCUT2D eigenvalue weighted by molar-refractivity contribution is 8.03. The Morgan fingerprint density at radius 2 is 1.88 bits per heavy atom. The predicted octanol–water partition coefficient (Wildman–Crippen LogP) is 5.21. The third-order valence-electron chi connectivity index (χ3n) is 3.84. The first-order valence-electron chi connectivity index (χ1n) is 7.73. The smallest absolute Gasteiger partial charge is 0.272 e. The van der Waals surface area contributed by atoms with Gasteiger partial charge < -0.3 is 4.42 Å². The molecule has 0 saturated heterocycles. The van der Waals surface area contributed by atoms with Gasteiger partial charge in [0.25, 0.3) is 11.8 Å². The zero-order valence-electron chi connectivity index (χ0n) is 13.3. The summed E-state index contributed by atoms with van der Waals surface area (Å²) >= 11 is 8.96. The van der Waals surface area contributed by atoms with Crippen molar-refractivity contribution in [3.05, 3.63) is 80.7 Å². The van der Waals surface area contributed by atoms with E-state index in [9.17, 15) is 9.59 Å².